The second-order valence-electron chi connectivity index (χ2n) is 17.4. The minimum atomic E-state index is -2.05. The summed E-state index contributed by atoms with van der Waals surface area (Å²) in [5, 5.41) is 67.4. The fourth-order valence-corrected chi connectivity index (χ4v) is 8.67. The lowest BCUT2D eigenvalue weighted by atomic mass is 9.78. The number of aliphatic hydroxyl groups is 2. The molecule has 0 aromatic heterocycles. The molecule has 16 nitrogen and oxygen atoms in total. The number of nitrogens with zero attached hydrogens (tertiary/aromatic N) is 3. The fourth-order valence-electron chi connectivity index (χ4n) is 8.67. The second kappa shape index (κ2) is 20.6. The van der Waals surface area contributed by atoms with Gasteiger partial charge in [0.1, 0.15) is 23.4 Å². The van der Waals surface area contributed by atoms with Gasteiger partial charge in [-0.2, -0.15) is 5.10 Å². The average molecular weight is 879 g/mol. The van der Waals surface area contributed by atoms with Crippen LogP contribution < -0.4 is 10.1 Å². The number of methoxy groups -OCH3 is 1. The maximum absolute atomic E-state index is 14.5. The number of allylic oxidation sites excluding steroid dienone is 2. The quantitative estimate of drug-likeness (QED) is 0.0599. The van der Waals surface area contributed by atoms with Crippen molar-refractivity contribution in [1.82, 2.24) is 9.91 Å². The Hall–Kier alpha value is -5.16. The van der Waals surface area contributed by atoms with E-state index in [1.54, 1.807) is 39.8 Å². The zero-order chi connectivity index (χ0) is 46.5. The van der Waals surface area contributed by atoms with E-state index in [0.29, 0.717) is 13.1 Å². The van der Waals surface area contributed by atoms with E-state index in [0.717, 1.165) is 38.9 Å². The summed E-state index contributed by atoms with van der Waals surface area (Å²) in [7, 11) is 1.44. The van der Waals surface area contributed by atoms with Crippen molar-refractivity contribution in [2.24, 2.45) is 28.8 Å². The third-order valence-electron chi connectivity index (χ3n) is 12.8. The van der Waals surface area contributed by atoms with Gasteiger partial charge in [-0.25, -0.2) is 0 Å². The number of piperazine rings is 1. The smallest absolute Gasteiger partial charge is 0.312 e. The van der Waals surface area contributed by atoms with Crippen LogP contribution in [0, 0.1) is 30.6 Å². The first kappa shape index (κ1) is 48.9. The molecule has 0 spiro atoms. The molecule has 0 radical (unpaired) electrons. The first-order valence-electron chi connectivity index (χ1n) is 21.9. The van der Waals surface area contributed by atoms with E-state index in [9.17, 15) is 39.9 Å². The summed E-state index contributed by atoms with van der Waals surface area (Å²) in [6.45, 7) is 18.4. The monoisotopic (exact) mass is 878 g/mol. The number of rotatable bonds is 8. The molecule has 5 bridgehead atoms. The highest BCUT2D eigenvalue weighted by Gasteiger charge is 2.50. The van der Waals surface area contributed by atoms with Gasteiger partial charge in [-0.3, -0.25) is 24.3 Å². The number of fused-ring (bicyclic) bond motifs is 14. The van der Waals surface area contributed by atoms with Gasteiger partial charge in [0.05, 0.1) is 53.0 Å². The molecule has 2 aromatic carbocycles. The summed E-state index contributed by atoms with van der Waals surface area (Å²) in [6.07, 6.45) is 8.30. The molecule has 9 unspecified atom stereocenters. The van der Waals surface area contributed by atoms with Crippen LogP contribution in [0.25, 0.3) is 10.8 Å². The Kier molecular flexibility index (Phi) is 15.9. The third-order valence-corrected chi connectivity index (χ3v) is 12.8. The SMILES string of the molecule is CCCCCN1CCN(/N=C/c2c3c(O)c4c(O)c(C)c5c(c4c2O)C(=O)C(C)(O/C=C/C(OC)C(C)C(OC(C)=O)C(C)C(O)C(C)C(O)C(C)/C=C/C=C(/C)C(=O)N3)O5)CC1. The predicted molar refractivity (Wildman–Crippen MR) is 239 cm³/mol. The number of ketones is 1. The maximum atomic E-state index is 14.5. The molecule has 16 heteroatoms. The number of esters is 1. The summed E-state index contributed by atoms with van der Waals surface area (Å²) in [6, 6.07) is 0. The summed E-state index contributed by atoms with van der Waals surface area (Å²) >= 11 is 0. The molecule has 6 N–H and O–H groups in total. The van der Waals surface area contributed by atoms with E-state index >= 15 is 0 Å². The molecule has 1 saturated heterocycles. The number of anilines is 1. The number of phenolic OH excluding ortho intramolecular Hbond substituents is 3. The molecular weight excluding hydrogens is 813 g/mol. The van der Waals surface area contributed by atoms with Crippen molar-refractivity contribution in [1.29, 1.82) is 0 Å². The van der Waals surface area contributed by atoms with Crippen molar-refractivity contribution in [3.63, 3.8) is 0 Å². The minimum Gasteiger partial charge on any atom is -0.507 e. The van der Waals surface area contributed by atoms with Crippen LogP contribution in [-0.2, 0) is 23.8 Å². The fraction of sp³-hybridized carbons (Fsp3) is 0.574. The van der Waals surface area contributed by atoms with Gasteiger partial charge in [-0.1, -0.05) is 65.7 Å². The minimum absolute atomic E-state index is 0.0600. The Morgan fingerprint density at radius 1 is 0.952 bits per heavy atom. The predicted octanol–water partition coefficient (Wildman–Crippen LogP) is 5.90. The highest BCUT2D eigenvalue weighted by Crippen LogP contribution is 2.55. The standard InChI is InChI=1S/C47H66N4O12/c1-11-12-13-18-50-19-21-51(22-20-50)48-24-32-37-42(57)35-34(41(32)56)36-44(30(7)40(35)55)63-47(9,45(36)58)61-23-17-33(60-10)27(4)43(62-31(8)52)29(6)39(54)28(5)38(53)25(2)15-14-16-26(3)46(59)49-37/h14-17,23-25,27-29,33,38-39,43,53-57H,11-13,18-22H2,1-10H3,(H,49,59)/b15-14+,23-17+,26-16-,48-24+. The Bertz CT molecular complexity index is 2140. The van der Waals surface area contributed by atoms with Gasteiger partial charge >= 0.3 is 11.8 Å². The van der Waals surface area contributed by atoms with E-state index in [1.807, 2.05) is 5.01 Å². The van der Waals surface area contributed by atoms with Gasteiger partial charge in [0.15, 0.2) is 5.75 Å². The van der Waals surface area contributed by atoms with Gasteiger partial charge in [0, 0.05) is 87.3 Å². The second-order valence-corrected chi connectivity index (χ2v) is 17.4. The lowest BCUT2D eigenvalue weighted by Gasteiger charge is -2.38. The van der Waals surface area contributed by atoms with Crippen molar-refractivity contribution in [3.05, 3.63) is 52.8 Å². The zero-order valence-corrected chi connectivity index (χ0v) is 38.2. The summed E-state index contributed by atoms with van der Waals surface area (Å²) < 4.78 is 23.7. The largest absolute Gasteiger partial charge is 0.507 e. The molecule has 2 aromatic rings. The van der Waals surface area contributed by atoms with Gasteiger partial charge in [0.25, 0.3) is 11.7 Å². The number of unbranched alkanes of at least 4 members (excludes halogenated alkanes) is 2. The maximum Gasteiger partial charge on any atom is 0.312 e. The molecule has 0 saturated carbocycles. The van der Waals surface area contributed by atoms with Crippen molar-refractivity contribution in [3.8, 4) is 23.0 Å². The molecule has 1 fully saturated rings. The van der Waals surface area contributed by atoms with E-state index in [-0.39, 0.29) is 44.5 Å². The number of benzene rings is 2. The van der Waals surface area contributed by atoms with Crippen molar-refractivity contribution >= 4 is 40.3 Å². The zero-order valence-electron chi connectivity index (χ0n) is 38.2. The molecule has 4 aliphatic heterocycles. The van der Waals surface area contributed by atoms with Crippen LogP contribution in [0.15, 0.2) is 41.2 Å². The van der Waals surface area contributed by atoms with Crippen LogP contribution in [0.4, 0.5) is 5.69 Å². The van der Waals surface area contributed by atoms with Crippen molar-refractivity contribution in [2.75, 3.05) is 45.2 Å². The number of hydrazone groups is 1. The molecular formula is C47H66N4O12. The van der Waals surface area contributed by atoms with Gasteiger partial charge in [0.2, 0.25) is 0 Å². The van der Waals surface area contributed by atoms with Crippen LogP contribution in [0.5, 0.6) is 23.0 Å². The number of aliphatic hydroxyl groups excluding tert-OH is 2. The topological polar surface area (TPSA) is 220 Å². The molecule has 4 aliphatic rings. The number of aromatic hydroxyl groups is 3. The number of phenols is 3. The number of hydrogen-bond donors (Lipinski definition) is 6. The lowest BCUT2D eigenvalue weighted by Crippen LogP contribution is -2.46. The Morgan fingerprint density at radius 3 is 2.27 bits per heavy atom. The van der Waals surface area contributed by atoms with Crippen LogP contribution in [0.2, 0.25) is 0 Å². The third kappa shape index (κ3) is 10.3. The Morgan fingerprint density at radius 2 is 1.63 bits per heavy atom. The molecule has 9 atom stereocenters. The summed E-state index contributed by atoms with van der Waals surface area (Å²) in [5.41, 5.74) is -0.317. The van der Waals surface area contributed by atoms with E-state index in [4.69, 9.17) is 18.9 Å². The highest BCUT2D eigenvalue weighted by atomic mass is 16.7. The highest BCUT2D eigenvalue weighted by molar-refractivity contribution is 6.23. The number of amides is 1. The van der Waals surface area contributed by atoms with E-state index in [1.165, 1.54) is 59.4 Å². The number of nitrogens with one attached hydrogen (secondary N) is 1. The van der Waals surface area contributed by atoms with Gasteiger partial charge in [-0.15, -0.1) is 0 Å². The van der Waals surface area contributed by atoms with Gasteiger partial charge < -0.3 is 49.8 Å². The number of carbonyl (C=O) groups excluding carboxylic acids is 3. The van der Waals surface area contributed by atoms with E-state index < -0.39 is 88.8 Å². The molecule has 4 heterocycles. The van der Waals surface area contributed by atoms with Crippen LogP contribution in [-0.4, -0.2) is 129 Å². The van der Waals surface area contributed by atoms with Crippen LogP contribution >= 0.6 is 0 Å². The molecule has 6 rings (SSSR count). The number of carbonyl (C=O) groups is 3. The Balaban J connectivity index is 1.66. The molecule has 1 amide bonds. The average Bonchev–Trinajstić information content (AvgIpc) is 3.52. The summed E-state index contributed by atoms with van der Waals surface area (Å²) in [4.78, 5) is 43.1. The first-order chi connectivity index (χ1) is 29.8. The van der Waals surface area contributed by atoms with Crippen molar-refractivity contribution < 1.29 is 58.9 Å². The number of hydrogen-bond acceptors (Lipinski definition) is 15. The van der Waals surface area contributed by atoms with Crippen molar-refractivity contribution in [2.45, 2.75) is 112 Å². The number of Topliss-reactive ketones (excluding diaryl/α,β-unsaturated/α-hetero) is 1. The van der Waals surface area contributed by atoms with Gasteiger partial charge in [-0.05, 0) is 32.9 Å². The Labute approximate surface area is 369 Å². The lowest BCUT2D eigenvalue weighted by molar-refractivity contribution is -0.160. The molecule has 346 valence electrons. The molecule has 63 heavy (non-hydrogen) atoms. The van der Waals surface area contributed by atoms with Crippen LogP contribution in [0.1, 0.15) is 96.1 Å². The van der Waals surface area contributed by atoms with Crippen LogP contribution in [0.3, 0.4) is 0 Å². The first-order valence-corrected chi connectivity index (χ1v) is 21.9. The number of ether oxygens (including phenoxy) is 4. The van der Waals surface area contributed by atoms with E-state index in [2.05, 4.69) is 22.2 Å². The normalized spacial score (nSPS) is 30.8. The summed E-state index contributed by atoms with van der Waals surface area (Å²) in [5.74, 6) is -8.31. The molecule has 0 aliphatic carbocycles.